The maximum Gasteiger partial charge on any atom is 0.284 e. The van der Waals surface area contributed by atoms with Crippen molar-refractivity contribution in [1.29, 1.82) is 0 Å². The molecule has 1 saturated heterocycles. The van der Waals surface area contributed by atoms with Crippen LogP contribution in [0.25, 0.3) is 0 Å². The molecular formula is C14H15BrN2O3S2. The van der Waals surface area contributed by atoms with Gasteiger partial charge in [-0.25, -0.2) is 0 Å². The van der Waals surface area contributed by atoms with Crippen molar-refractivity contribution in [3.63, 3.8) is 0 Å². The highest BCUT2D eigenvalue weighted by Crippen LogP contribution is 2.30. The number of amides is 1. The number of hydrogen-bond acceptors (Lipinski definition) is 4. The Bertz CT molecular complexity index is 714. The molecule has 0 N–H and O–H groups in total. The van der Waals surface area contributed by atoms with E-state index in [-0.39, 0.29) is 27.8 Å². The van der Waals surface area contributed by atoms with Crippen LogP contribution in [0.1, 0.15) is 13.3 Å². The second kappa shape index (κ2) is 6.97. The average Bonchev–Trinajstić information content (AvgIpc) is 2.76. The summed E-state index contributed by atoms with van der Waals surface area (Å²) in [6.45, 7) is 5.73. The molecule has 0 aromatic heterocycles. The fraction of sp³-hybridized carbons (Fsp3) is 0.286. The van der Waals surface area contributed by atoms with Gasteiger partial charge < -0.3 is 0 Å². The Balaban J connectivity index is 2.39. The Labute approximate surface area is 142 Å². The van der Waals surface area contributed by atoms with Crippen LogP contribution in [0, 0.1) is 0 Å². The minimum Gasteiger partial charge on any atom is -0.286 e. The van der Waals surface area contributed by atoms with Crippen molar-refractivity contribution in [2.45, 2.75) is 23.5 Å². The van der Waals surface area contributed by atoms with Gasteiger partial charge in [0.1, 0.15) is 0 Å². The van der Waals surface area contributed by atoms with Gasteiger partial charge in [-0.2, -0.15) is 8.42 Å². The second-order valence-corrected chi connectivity index (χ2v) is 8.24. The molecular weight excluding hydrogens is 388 g/mol. The van der Waals surface area contributed by atoms with E-state index in [0.717, 1.165) is 4.47 Å². The van der Waals surface area contributed by atoms with Gasteiger partial charge in [0.2, 0.25) is 5.91 Å². The second-order valence-electron chi connectivity index (χ2n) is 4.56. The number of sulfonamides is 1. The van der Waals surface area contributed by atoms with Gasteiger partial charge >= 0.3 is 0 Å². The lowest BCUT2D eigenvalue weighted by Crippen LogP contribution is -2.32. The molecule has 0 radical (unpaired) electrons. The van der Waals surface area contributed by atoms with Crippen molar-refractivity contribution in [1.82, 2.24) is 4.90 Å². The predicted octanol–water partition coefficient (Wildman–Crippen LogP) is 3.03. The highest BCUT2D eigenvalue weighted by atomic mass is 79.9. The lowest BCUT2D eigenvalue weighted by atomic mass is 10.3. The summed E-state index contributed by atoms with van der Waals surface area (Å²) in [5, 5.41) is -0.0847. The topological polar surface area (TPSA) is 66.8 Å². The molecule has 1 amide bonds. The summed E-state index contributed by atoms with van der Waals surface area (Å²) < 4.78 is 29.4. The molecule has 1 aliphatic heterocycles. The predicted molar refractivity (Wildman–Crippen MR) is 92.3 cm³/mol. The van der Waals surface area contributed by atoms with Crippen molar-refractivity contribution < 1.29 is 13.2 Å². The molecule has 1 fully saturated rings. The van der Waals surface area contributed by atoms with Gasteiger partial charge in [0.15, 0.2) is 5.17 Å². The highest BCUT2D eigenvalue weighted by molar-refractivity contribution is 9.10. The van der Waals surface area contributed by atoms with Crippen LogP contribution in [0.4, 0.5) is 0 Å². The zero-order valence-electron chi connectivity index (χ0n) is 11.9. The molecule has 1 aliphatic rings. The van der Waals surface area contributed by atoms with Crippen molar-refractivity contribution >= 4 is 48.8 Å². The van der Waals surface area contributed by atoms with Gasteiger partial charge in [-0.3, -0.25) is 9.69 Å². The first-order valence-corrected chi connectivity index (χ1v) is 9.69. The van der Waals surface area contributed by atoms with Crippen molar-refractivity contribution in [2.24, 2.45) is 4.40 Å². The van der Waals surface area contributed by atoms with Gasteiger partial charge in [0.05, 0.1) is 10.1 Å². The van der Waals surface area contributed by atoms with E-state index in [1.54, 1.807) is 18.2 Å². The van der Waals surface area contributed by atoms with E-state index >= 15 is 0 Å². The summed E-state index contributed by atoms with van der Waals surface area (Å²) >= 11 is 4.44. The molecule has 0 saturated carbocycles. The molecule has 0 bridgehead atoms. The normalized spacial score (nSPS) is 20.6. The van der Waals surface area contributed by atoms with Crippen LogP contribution >= 0.6 is 27.7 Å². The first-order valence-electron chi connectivity index (χ1n) is 6.58. The van der Waals surface area contributed by atoms with Gasteiger partial charge in [-0.05, 0) is 30.7 Å². The fourth-order valence-electron chi connectivity index (χ4n) is 1.90. The lowest BCUT2D eigenvalue weighted by Gasteiger charge is -2.13. The molecule has 5 nitrogen and oxygen atoms in total. The average molecular weight is 403 g/mol. The van der Waals surface area contributed by atoms with E-state index in [9.17, 15) is 13.2 Å². The first kappa shape index (κ1) is 17.2. The van der Waals surface area contributed by atoms with Crippen LogP contribution < -0.4 is 0 Å². The van der Waals surface area contributed by atoms with Crippen molar-refractivity contribution in [2.75, 3.05) is 6.54 Å². The SMILES string of the molecule is C=CCN1C(=O)[C@@H](CC)SC1=NS(=O)(=O)c1ccc(Br)cc1. The molecule has 1 atom stereocenters. The Kier molecular flexibility index (Phi) is 5.46. The smallest absolute Gasteiger partial charge is 0.284 e. The Hall–Kier alpha value is -1.12. The number of hydrogen-bond donors (Lipinski definition) is 0. The summed E-state index contributed by atoms with van der Waals surface area (Å²) in [4.78, 5) is 13.6. The van der Waals surface area contributed by atoms with E-state index in [2.05, 4.69) is 26.9 Å². The molecule has 118 valence electrons. The third kappa shape index (κ3) is 3.61. The van der Waals surface area contributed by atoms with Crippen LogP contribution in [-0.4, -0.2) is 36.2 Å². The monoisotopic (exact) mass is 402 g/mol. The number of rotatable bonds is 5. The Morgan fingerprint density at radius 3 is 2.59 bits per heavy atom. The van der Waals surface area contributed by atoms with Crippen molar-refractivity contribution in [3.05, 3.63) is 41.4 Å². The maximum atomic E-state index is 12.4. The van der Waals surface area contributed by atoms with E-state index in [1.807, 2.05) is 6.92 Å². The largest absolute Gasteiger partial charge is 0.286 e. The van der Waals surface area contributed by atoms with Gasteiger partial charge in [0, 0.05) is 11.0 Å². The maximum absolute atomic E-state index is 12.4. The molecule has 0 aliphatic carbocycles. The third-order valence-corrected chi connectivity index (χ3v) is 6.28. The number of thioether (sulfide) groups is 1. The summed E-state index contributed by atoms with van der Waals surface area (Å²) in [7, 11) is -3.85. The Morgan fingerprint density at radius 1 is 1.41 bits per heavy atom. The molecule has 0 unspecified atom stereocenters. The molecule has 0 spiro atoms. The summed E-state index contributed by atoms with van der Waals surface area (Å²) in [5.74, 6) is -0.128. The Morgan fingerprint density at radius 2 is 2.05 bits per heavy atom. The summed E-state index contributed by atoms with van der Waals surface area (Å²) in [6, 6.07) is 6.22. The summed E-state index contributed by atoms with van der Waals surface area (Å²) in [6.07, 6.45) is 2.17. The van der Waals surface area contributed by atoms with Crippen LogP contribution in [0.2, 0.25) is 0 Å². The van der Waals surface area contributed by atoms with Crippen LogP contribution in [0.15, 0.2) is 50.7 Å². The standard InChI is InChI=1S/C14H15BrN2O3S2/c1-3-9-17-13(18)12(4-2)21-14(17)16-22(19,20)11-7-5-10(15)6-8-11/h3,5-8,12H,1,4,9H2,2H3/t12-/m1/s1. The first-order chi connectivity index (χ1) is 10.4. The van der Waals surface area contributed by atoms with Crippen LogP contribution in [0.3, 0.4) is 0 Å². The number of carbonyl (C=O) groups excluding carboxylic acids is 1. The minimum absolute atomic E-state index is 0.0924. The van der Waals surface area contributed by atoms with Gasteiger partial charge in [-0.1, -0.05) is 40.7 Å². The number of nitrogens with zero attached hydrogens (tertiary/aromatic N) is 2. The molecule has 8 heteroatoms. The van der Waals surface area contributed by atoms with E-state index in [1.165, 1.54) is 28.8 Å². The van der Waals surface area contributed by atoms with Gasteiger partial charge in [0.25, 0.3) is 10.0 Å². The van der Waals surface area contributed by atoms with E-state index < -0.39 is 10.0 Å². The molecule has 1 heterocycles. The zero-order valence-corrected chi connectivity index (χ0v) is 15.1. The molecule has 22 heavy (non-hydrogen) atoms. The minimum atomic E-state index is -3.85. The quantitative estimate of drug-likeness (QED) is 0.709. The number of benzene rings is 1. The molecule has 2 rings (SSSR count). The highest BCUT2D eigenvalue weighted by Gasteiger charge is 2.37. The number of carbonyl (C=O) groups is 1. The number of amidine groups is 1. The van der Waals surface area contributed by atoms with E-state index in [4.69, 9.17) is 0 Å². The zero-order chi connectivity index (χ0) is 16.3. The van der Waals surface area contributed by atoms with E-state index in [0.29, 0.717) is 6.42 Å². The summed E-state index contributed by atoms with van der Waals surface area (Å²) in [5.41, 5.74) is 0. The van der Waals surface area contributed by atoms with Crippen LogP contribution in [0.5, 0.6) is 0 Å². The van der Waals surface area contributed by atoms with Crippen molar-refractivity contribution in [3.8, 4) is 0 Å². The third-order valence-electron chi connectivity index (χ3n) is 3.01. The van der Waals surface area contributed by atoms with Gasteiger partial charge in [-0.15, -0.1) is 11.0 Å². The molecule has 1 aromatic carbocycles. The number of halogens is 1. The lowest BCUT2D eigenvalue weighted by molar-refractivity contribution is -0.125. The molecule has 1 aromatic rings. The fourth-order valence-corrected chi connectivity index (χ4v) is 4.46. The van der Waals surface area contributed by atoms with Crippen LogP contribution in [-0.2, 0) is 14.8 Å².